The summed E-state index contributed by atoms with van der Waals surface area (Å²) in [5, 5.41) is 4.57. The predicted octanol–water partition coefficient (Wildman–Crippen LogP) is 3.41. The highest BCUT2D eigenvalue weighted by Gasteiger charge is 2.24. The number of pyridine rings is 1. The molecule has 6 nitrogen and oxygen atoms in total. The first kappa shape index (κ1) is 16.3. The number of rotatable bonds is 4. The molecule has 1 amide bonds. The molecule has 4 aromatic rings. The molecule has 0 aliphatic rings. The highest BCUT2D eigenvalue weighted by molar-refractivity contribution is 7.22. The smallest absolute Gasteiger partial charge is 0.278 e. The van der Waals surface area contributed by atoms with E-state index in [0.29, 0.717) is 27.6 Å². The van der Waals surface area contributed by atoms with Crippen molar-refractivity contribution in [3.05, 3.63) is 72.1 Å². The number of benzene rings is 1. The lowest BCUT2D eigenvalue weighted by molar-refractivity contribution is 0.0976. The second-order valence-corrected chi connectivity index (χ2v) is 6.71. The molecule has 3 heterocycles. The summed E-state index contributed by atoms with van der Waals surface area (Å²) in [7, 11) is 1.71. The standard InChI is InChI=1S/C18H14FN5OS/c1-23-15(6-8-21-23)17(25)24(11-12-3-2-7-20-10-12)18-22-14-5-4-13(19)9-16(14)26-18/h2-10H,11H2,1H3. The summed E-state index contributed by atoms with van der Waals surface area (Å²) in [6.45, 7) is 0.306. The van der Waals surface area contributed by atoms with E-state index < -0.39 is 0 Å². The number of halogens is 1. The van der Waals surface area contributed by atoms with Gasteiger partial charge >= 0.3 is 0 Å². The van der Waals surface area contributed by atoms with Gasteiger partial charge < -0.3 is 0 Å². The molecule has 4 rings (SSSR count). The van der Waals surface area contributed by atoms with Crippen LogP contribution in [0.5, 0.6) is 0 Å². The number of hydrogen-bond acceptors (Lipinski definition) is 5. The molecule has 1 aromatic carbocycles. The van der Waals surface area contributed by atoms with Crippen molar-refractivity contribution in [1.29, 1.82) is 0 Å². The van der Waals surface area contributed by atoms with Gasteiger partial charge in [0.05, 0.1) is 16.8 Å². The van der Waals surface area contributed by atoms with Crippen LogP contribution in [-0.2, 0) is 13.6 Å². The van der Waals surface area contributed by atoms with Crippen molar-refractivity contribution < 1.29 is 9.18 Å². The van der Waals surface area contributed by atoms with Crippen LogP contribution in [0, 0.1) is 5.82 Å². The molecule has 3 aromatic heterocycles. The lowest BCUT2D eigenvalue weighted by Crippen LogP contribution is -2.31. The maximum Gasteiger partial charge on any atom is 0.278 e. The molecule has 0 spiro atoms. The number of carbonyl (C=O) groups is 1. The summed E-state index contributed by atoms with van der Waals surface area (Å²) in [5.74, 6) is -0.558. The van der Waals surface area contributed by atoms with Gasteiger partial charge in [-0.1, -0.05) is 17.4 Å². The highest BCUT2D eigenvalue weighted by Crippen LogP contribution is 2.31. The number of fused-ring (bicyclic) bond motifs is 1. The van der Waals surface area contributed by atoms with Crippen molar-refractivity contribution in [2.75, 3.05) is 4.90 Å². The van der Waals surface area contributed by atoms with Gasteiger partial charge in [-0.05, 0) is 35.9 Å². The average Bonchev–Trinajstić information content (AvgIpc) is 3.25. The number of aryl methyl sites for hydroxylation is 1. The Labute approximate surface area is 152 Å². The Hall–Kier alpha value is -3.13. The molecule has 0 saturated heterocycles. The van der Waals surface area contributed by atoms with Crippen molar-refractivity contribution >= 4 is 32.6 Å². The largest absolute Gasteiger partial charge is 0.278 e. The van der Waals surface area contributed by atoms with Crippen LogP contribution in [0.25, 0.3) is 10.2 Å². The molecular weight excluding hydrogens is 353 g/mol. The van der Waals surface area contributed by atoms with Gasteiger partial charge in [0, 0.05) is 25.6 Å². The second kappa shape index (κ2) is 6.64. The Morgan fingerprint density at radius 1 is 1.27 bits per heavy atom. The molecule has 0 atom stereocenters. The molecule has 0 fully saturated rings. The SMILES string of the molecule is Cn1nccc1C(=O)N(Cc1cccnc1)c1nc2ccc(F)cc2s1. The monoisotopic (exact) mass is 367 g/mol. The fraction of sp³-hybridized carbons (Fsp3) is 0.111. The van der Waals surface area contributed by atoms with E-state index in [-0.39, 0.29) is 11.7 Å². The van der Waals surface area contributed by atoms with Crippen molar-refractivity contribution in [3.8, 4) is 0 Å². The first-order valence-electron chi connectivity index (χ1n) is 7.87. The minimum Gasteiger partial charge on any atom is -0.278 e. The minimum atomic E-state index is -0.329. The molecule has 0 aliphatic heterocycles. The van der Waals surface area contributed by atoms with E-state index >= 15 is 0 Å². The molecule has 0 unspecified atom stereocenters. The third-order valence-electron chi connectivity index (χ3n) is 3.92. The summed E-state index contributed by atoms with van der Waals surface area (Å²) >= 11 is 1.27. The van der Waals surface area contributed by atoms with E-state index in [1.165, 1.54) is 28.2 Å². The summed E-state index contributed by atoms with van der Waals surface area (Å²) < 4.78 is 15.7. The summed E-state index contributed by atoms with van der Waals surface area (Å²) in [6, 6.07) is 9.76. The Balaban J connectivity index is 1.78. The molecule has 0 radical (unpaired) electrons. The normalized spacial score (nSPS) is 11.0. The zero-order chi connectivity index (χ0) is 18.1. The number of anilines is 1. The molecule has 0 aliphatic carbocycles. The summed E-state index contributed by atoms with van der Waals surface area (Å²) in [4.78, 5) is 23.3. The molecule has 0 saturated carbocycles. The lowest BCUT2D eigenvalue weighted by Gasteiger charge is -2.19. The minimum absolute atomic E-state index is 0.228. The molecule has 0 N–H and O–H groups in total. The average molecular weight is 367 g/mol. The zero-order valence-corrected chi connectivity index (χ0v) is 14.7. The van der Waals surface area contributed by atoms with E-state index in [1.807, 2.05) is 12.1 Å². The van der Waals surface area contributed by atoms with Crippen LogP contribution in [0.3, 0.4) is 0 Å². The number of hydrogen-bond donors (Lipinski definition) is 0. The molecule has 8 heteroatoms. The van der Waals surface area contributed by atoms with Crippen LogP contribution in [0.2, 0.25) is 0 Å². The van der Waals surface area contributed by atoms with Gasteiger partial charge in [0.2, 0.25) is 0 Å². The van der Waals surface area contributed by atoms with Gasteiger partial charge in [0.1, 0.15) is 11.5 Å². The number of carbonyl (C=O) groups excluding carboxylic acids is 1. The maximum atomic E-state index is 13.5. The fourth-order valence-corrected chi connectivity index (χ4v) is 3.61. The zero-order valence-electron chi connectivity index (χ0n) is 13.8. The Morgan fingerprint density at radius 3 is 2.88 bits per heavy atom. The number of aromatic nitrogens is 4. The third-order valence-corrected chi connectivity index (χ3v) is 4.96. The molecule has 130 valence electrons. The Bertz CT molecular complexity index is 1080. The number of thiazole rings is 1. The summed E-state index contributed by atoms with van der Waals surface area (Å²) in [5.41, 5.74) is 1.97. The van der Waals surface area contributed by atoms with Crippen LogP contribution in [-0.4, -0.2) is 25.7 Å². The van der Waals surface area contributed by atoms with Crippen molar-refractivity contribution in [2.24, 2.45) is 7.05 Å². The third kappa shape index (κ3) is 3.06. The fourth-order valence-electron chi connectivity index (χ4n) is 2.62. The highest BCUT2D eigenvalue weighted by atomic mass is 32.1. The molecular formula is C18H14FN5OS. The van der Waals surface area contributed by atoms with Gasteiger partial charge in [-0.15, -0.1) is 0 Å². The van der Waals surface area contributed by atoms with Gasteiger partial charge in [0.25, 0.3) is 5.91 Å². The van der Waals surface area contributed by atoms with Crippen LogP contribution in [0.4, 0.5) is 9.52 Å². The molecule has 0 bridgehead atoms. The lowest BCUT2D eigenvalue weighted by atomic mass is 10.2. The van der Waals surface area contributed by atoms with E-state index in [4.69, 9.17) is 0 Å². The number of amides is 1. The molecule has 26 heavy (non-hydrogen) atoms. The van der Waals surface area contributed by atoms with Crippen LogP contribution in [0.1, 0.15) is 16.1 Å². The first-order valence-corrected chi connectivity index (χ1v) is 8.68. The van der Waals surface area contributed by atoms with Crippen LogP contribution in [0.15, 0.2) is 55.0 Å². The Kier molecular flexibility index (Phi) is 4.18. The predicted molar refractivity (Wildman–Crippen MR) is 97.5 cm³/mol. The van der Waals surface area contributed by atoms with Crippen molar-refractivity contribution in [3.63, 3.8) is 0 Å². The van der Waals surface area contributed by atoms with Gasteiger partial charge in [-0.3, -0.25) is 19.4 Å². The van der Waals surface area contributed by atoms with Crippen molar-refractivity contribution in [2.45, 2.75) is 6.54 Å². The Morgan fingerprint density at radius 2 is 2.15 bits per heavy atom. The van der Waals surface area contributed by atoms with E-state index in [2.05, 4.69) is 15.1 Å². The van der Waals surface area contributed by atoms with E-state index in [9.17, 15) is 9.18 Å². The van der Waals surface area contributed by atoms with E-state index in [1.54, 1.807) is 42.7 Å². The van der Waals surface area contributed by atoms with Gasteiger partial charge in [-0.2, -0.15) is 5.10 Å². The first-order chi connectivity index (χ1) is 12.6. The maximum absolute atomic E-state index is 13.5. The van der Waals surface area contributed by atoms with Crippen molar-refractivity contribution in [1.82, 2.24) is 19.7 Å². The second-order valence-electron chi connectivity index (χ2n) is 5.70. The van der Waals surface area contributed by atoms with Gasteiger partial charge in [0.15, 0.2) is 5.13 Å². The van der Waals surface area contributed by atoms with E-state index in [0.717, 1.165) is 5.56 Å². The van der Waals surface area contributed by atoms with Crippen LogP contribution < -0.4 is 4.90 Å². The topological polar surface area (TPSA) is 63.9 Å². The summed E-state index contributed by atoms with van der Waals surface area (Å²) in [6.07, 6.45) is 4.96. The van der Waals surface area contributed by atoms with Crippen LogP contribution >= 0.6 is 11.3 Å². The number of nitrogens with zero attached hydrogens (tertiary/aromatic N) is 5. The van der Waals surface area contributed by atoms with Gasteiger partial charge in [-0.25, -0.2) is 9.37 Å². The quantitative estimate of drug-likeness (QED) is 0.554.